The van der Waals surface area contributed by atoms with Gasteiger partial charge in [0.2, 0.25) is 0 Å². The molecule has 0 aromatic heterocycles. The Balaban J connectivity index is 0.00000128. The SMILES string of the molecule is CC1=C(C)[C]([V+2][C]2=CCC(C)=C2C)=CC1.[Cl-].[Cl-]. The van der Waals surface area contributed by atoms with Crippen LogP contribution in [0.3, 0.4) is 0 Å². The molecule has 17 heavy (non-hydrogen) atoms. The first-order chi connectivity index (χ1) is 7.09. The van der Waals surface area contributed by atoms with Crippen molar-refractivity contribution in [3.63, 3.8) is 0 Å². The van der Waals surface area contributed by atoms with Gasteiger partial charge in [-0.05, 0) is 0 Å². The number of allylic oxidation sites excluding steroid dienone is 8. The average molecular weight is 308 g/mol. The number of hydrogen-bond acceptors (Lipinski definition) is 0. The van der Waals surface area contributed by atoms with Crippen LogP contribution in [-0.2, 0) is 16.3 Å². The van der Waals surface area contributed by atoms with E-state index in [-0.39, 0.29) is 41.1 Å². The van der Waals surface area contributed by atoms with Crippen LogP contribution in [0.4, 0.5) is 0 Å². The van der Waals surface area contributed by atoms with Crippen LogP contribution in [0.2, 0.25) is 0 Å². The van der Waals surface area contributed by atoms with Crippen LogP contribution in [-0.4, -0.2) is 0 Å². The van der Waals surface area contributed by atoms with Crippen molar-refractivity contribution in [1.82, 2.24) is 0 Å². The Morgan fingerprint density at radius 2 is 1.12 bits per heavy atom. The van der Waals surface area contributed by atoms with Crippen LogP contribution in [0.25, 0.3) is 0 Å². The molecule has 0 radical (unpaired) electrons. The Morgan fingerprint density at radius 1 is 0.765 bits per heavy atom. The second-order valence-electron chi connectivity index (χ2n) is 4.51. The predicted octanol–water partition coefficient (Wildman–Crippen LogP) is -1.68. The summed E-state index contributed by atoms with van der Waals surface area (Å²) in [5, 5.41) is 0. The van der Waals surface area contributed by atoms with Crippen molar-refractivity contribution in [3.8, 4) is 0 Å². The fourth-order valence-electron chi connectivity index (χ4n) is 1.94. The minimum Gasteiger partial charge on any atom is -1.00 e. The van der Waals surface area contributed by atoms with Gasteiger partial charge in [0, 0.05) is 0 Å². The van der Waals surface area contributed by atoms with Crippen molar-refractivity contribution in [2.75, 3.05) is 0 Å². The van der Waals surface area contributed by atoms with E-state index in [1.807, 2.05) is 0 Å². The molecule has 0 nitrogen and oxygen atoms in total. The molecule has 2 rings (SSSR count). The molecule has 0 fully saturated rings. The van der Waals surface area contributed by atoms with Gasteiger partial charge in [-0.25, -0.2) is 0 Å². The Hall–Kier alpha value is 0.124. The van der Waals surface area contributed by atoms with E-state index in [9.17, 15) is 0 Å². The maximum absolute atomic E-state index is 2.44. The first-order valence-electron chi connectivity index (χ1n) is 5.55. The summed E-state index contributed by atoms with van der Waals surface area (Å²) >= 11 is 0.245. The minimum atomic E-state index is 0. The van der Waals surface area contributed by atoms with Crippen LogP contribution in [0.15, 0.2) is 43.0 Å². The van der Waals surface area contributed by atoms with Crippen LogP contribution >= 0.6 is 0 Å². The van der Waals surface area contributed by atoms with Gasteiger partial charge in [-0.3, -0.25) is 0 Å². The molecule has 0 heterocycles. The average Bonchev–Trinajstić information content (AvgIpc) is 2.68. The normalized spacial score (nSPS) is 18.4. The summed E-state index contributed by atoms with van der Waals surface area (Å²) in [5.41, 5.74) is 6.26. The van der Waals surface area contributed by atoms with E-state index in [1.54, 1.807) is 30.9 Å². The maximum atomic E-state index is 2.44. The number of halogens is 2. The zero-order valence-electron chi connectivity index (χ0n) is 10.8. The van der Waals surface area contributed by atoms with Crippen LogP contribution in [0, 0.1) is 0 Å². The zero-order chi connectivity index (χ0) is 11.0. The fourth-order valence-corrected chi connectivity index (χ4v) is 4.03. The second kappa shape index (κ2) is 6.90. The van der Waals surface area contributed by atoms with Crippen LogP contribution in [0.5, 0.6) is 0 Å². The van der Waals surface area contributed by atoms with Crippen molar-refractivity contribution >= 4 is 0 Å². The van der Waals surface area contributed by atoms with Crippen LogP contribution < -0.4 is 24.8 Å². The molecule has 0 aliphatic heterocycles. The third-order valence-corrected chi connectivity index (χ3v) is 5.86. The van der Waals surface area contributed by atoms with Gasteiger partial charge in [-0.2, -0.15) is 0 Å². The van der Waals surface area contributed by atoms with Crippen molar-refractivity contribution in [3.05, 3.63) is 43.0 Å². The molecule has 0 spiro atoms. The molecule has 2 aliphatic carbocycles. The van der Waals surface area contributed by atoms with Gasteiger partial charge in [-0.15, -0.1) is 0 Å². The van der Waals surface area contributed by atoms with Crippen molar-refractivity contribution in [1.29, 1.82) is 0 Å². The van der Waals surface area contributed by atoms with Gasteiger partial charge in [0.1, 0.15) is 0 Å². The molecule has 0 aromatic carbocycles. The molecule has 0 atom stereocenters. The van der Waals surface area contributed by atoms with Gasteiger partial charge >= 0.3 is 99.8 Å². The van der Waals surface area contributed by atoms with Crippen molar-refractivity contribution in [2.45, 2.75) is 40.5 Å². The summed E-state index contributed by atoms with van der Waals surface area (Å²) in [6, 6.07) is 0. The Labute approximate surface area is 124 Å². The molecule has 2 aliphatic rings. The zero-order valence-corrected chi connectivity index (χ0v) is 13.7. The van der Waals surface area contributed by atoms with E-state index in [0.717, 1.165) is 0 Å². The number of hydrogen-bond donors (Lipinski definition) is 0. The monoisotopic (exact) mass is 307 g/mol. The predicted molar refractivity (Wildman–Crippen MR) is 62.1 cm³/mol. The summed E-state index contributed by atoms with van der Waals surface area (Å²) in [6.07, 6.45) is 7.25. The topological polar surface area (TPSA) is 0 Å². The molecule has 93 valence electrons. The van der Waals surface area contributed by atoms with E-state index in [0.29, 0.717) is 0 Å². The molecule has 3 heteroatoms. The van der Waals surface area contributed by atoms with E-state index in [2.05, 4.69) is 39.8 Å². The summed E-state index contributed by atoms with van der Waals surface area (Å²) < 4.78 is 3.29. The first kappa shape index (κ1) is 17.1. The summed E-state index contributed by atoms with van der Waals surface area (Å²) in [7, 11) is 0. The third kappa shape index (κ3) is 3.54. The van der Waals surface area contributed by atoms with Crippen LogP contribution in [0.1, 0.15) is 40.5 Å². The quantitative estimate of drug-likeness (QED) is 0.572. The van der Waals surface area contributed by atoms with E-state index in [1.165, 1.54) is 12.8 Å². The fraction of sp³-hybridized carbons (Fsp3) is 0.429. The smallest absolute Gasteiger partial charge is 1.00 e. The molecule has 0 N–H and O–H groups in total. The molecular formula is C14H18Cl2V. The molecule has 0 amide bonds. The second-order valence-corrected chi connectivity index (χ2v) is 6.36. The largest absolute Gasteiger partial charge is 1.00 e. The van der Waals surface area contributed by atoms with Gasteiger partial charge in [0.05, 0.1) is 0 Å². The Bertz CT molecular complexity index is 386. The van der Waals surface area contributed by atoms with E-state index in [4.69, 9.17) is 0 Å². The molecule has 0 unspecified atom stereocenters. The molecule has 0 saturated heterocycles. The van der Waals surface area contributed by atoms with Gasteiger partial charge < -0.3 is 24.8 Å². The molecule has 0 bridgehead atoms. The summed E-state index contributed by atoms with van der Waals surface area (Å²) in [5.74, 6) is 0. The third-order valence-electron chi connectivity index (χ3n) is 3.49. The standard InChI is InChI=1S/2C7H9.2ClH.V/c2*1-6-4-3-5-7(6)2;;;/h2*3H,4H2,1-2H3;2*1H;/q;;;;+2/p-2. The number of rotatable bonds is 2. The Morgan fingerprint density at radius 3 is 1.35 bits per heavy atom. The van der Waals surface area contributed by atoms with Crippen molar-refractivity contribution < 1.29 is 41.1 Å². The van der Waals surface area contributed by atoms with E-state index < -0.39 is 0 Å². The maximum Gasteiger partial charge on any atom is -1.00 e. The minimum absolute atomic E-state index is 0. The van der Waals surface area contributed by atoms with Gasteiger partial charge in [0.15, 0.2) is 0 Å². The van der Waals surface area contributed by atoms with E-state index >= 15 is 0 Å². The van der Waals surface area contributed by atoms with Crippen molar-refractivity contribution in [2.24, 2.45) is 0 Å². The van der Waals surface area contributed by atoms with Gasteiger partial charge in [-0.1, -0.05) is 0 Å². The summed E-state index contributed by atoms with van der Waals surface area (Å²) in [4.78, 5) is 0. The summed E-state index contributed by atoms with van der Waals surface area (Å²) in [6.45, 7) is 9.09. The van der Waals surface area contributed by atoms with Gasteiger partial charge in [0.25, 0.3) is 0 Å². The molecular weight excluding hydrogens is 290 g/mol. The first-order valence-corrected chi connectivity index (χ1v) is 6.94. The molecule has 0 saturated carbocycles. The molecule has 0 aromatic rings. The Kier molecular flexibility index (Phi) is 6.95.